The van der Waals surface area contributed by atoms with Crippen molar-refractivity contribution >= 4 is 29.0 Å². The molecule has 0 radical (unpaired) electrons. The van der Waals surface area contributed by atoms with Crippen molar-refractivity contribution in [3.8, 4) is 6.07 Å². The number of piperidine rings is 1. The van der Waals surface area contributed by atoms with Gasteiger partial charge in [0, 0.05) is 38.5 Å². The summed E-state index contributed by atoms with van der Waals surface area (Å²) in [6, 6.07) is 8.19. The third kappa shape index (κ3) is 4.37. The maximum atomic E-state index is 12.8. The molecule has 1 amide bonds. The number of aliphatic hydroxyl groups excluding tert-OH is 1. The summed E-state index contributed by atoms with van der Waals surface area (Å²) >= 11 is 6.39. The Kier molecular flexibility index (Phi) is 6.37. The lowest BCUT2D eigenvalue weighted by Crippen LogP contribution is -2.52. The lowest BCUT2D eigenvalue weighted by molar-refractivity contribution is -0.144. The van der Waals surface area contributed by atoms with Gasteiger partial charge in [-0.05, 0) is 74.5 Å². The molecule has 8 heteroatoms. The number of nitrogens with zero attached hydrogens (tertiary/aromatic N) is 5. The predicted molar refractivity (Wildman–Crippen MR) is 140 cm³/mol. The minimum atomic E-state index is -0.341. The van der Waals surface area contributed by atoms with E-state index in [4.69, 9.17) is 16.7 Å². The van der Waals surface area contributed by atoms with Crippen LogP contribution >= 0.6 is 11.6 Å². The van der Waals surface area contributed by atoms with Crippen LogP contribution in [0.25, 0.3) is 0 Å². The molecule has 0 unspecified atom stereocenters. The van der Waals surface area contributed by atoms with Crippen molar-refractivity contribution in [2.24, 2.45) is 22.4 Å². The monoisotopic (exact) mass is 509 g/mol. The van der Waals surface area contributed by atoms with Crippen LogP contribution in [0.1, 0.15) is 69.8 Å². The van der Waals surface area contributed by atoms with Gasteiger partial charge in [-0.3, -0.25) is 9.80 Å². The Hall–Kier alpha value is -2.30. The van der Waals surface area contributed by atoms with Gasteiger partial charge in [0.05, 0.1) is 28.4 Å². The summed E-state index contributed by atoms with van der Waals surface area (Å²) in [6.07, 6.45) is 10.7. The van der Waals surface area contributed by atoms with E-state index in [2.05, 4.69) is 16.0 Å². The van der Waals surface area contributed by atoms with Crippen LogP contribution in [0, 0.1) is 28.6 Å². The second kappa shape index (κ2) is 9.54. The molecule has 2 atom stereocenters. The van der Waals surface area contributed by atoms with Crippen LogP contribution in [-0.2, 0) is 4.79 Å². The van der Waals surface area contributed by atoms with Crippen LogP contribution in [0.3, 0.4) is 0 Å². The Morgan fingerprint density at radius 1 is 1.14 bits per heavy atom. The molecular weight excluding hydrogens is 474 g/mol. The lowest BCUT2D eigenvalue weighted by Gasteiger charge is -2.52. The van der Waals surface area contributed by atoms with Gasteiger partial charge in [0.2, 0.25) is 5.91 Å². The number of nitriles is 1. The molecule has 0 aromatic heterocycles. The van der Waals surface area contributed by atoms with Gasteiger partial charge in [-0.2, -0.15) is 10.4 Å². The Bertz CT molecular complexity index is 1080. The maximum Gasteiger partial charge on any atom is 0.225 e. The van der Waals surface area contributed by atoms with E-state index < -0.39 is 0 Å². The standard InChI is InChI=1S/C28H36ClN5O2/c29-24-13-22(6-5-20(24)17-30)34-25(19-3-1-2-4-19)14-26(31-34)32-11-8-28(9-12-32)15-21(16-28)27(36)33-10-7-23(35)18-33/h5-6,13,19,21,23,25,35H,1-4,7-12,14-16,18H2/t23-,25-/m1/s1. The molecule has 7 nitrogen and oxygen atoms in total. The Balaban J connectivity index is 1.11. The lowest BCUT2D eigenvalue weighted by atomic mass is 9.57. The minimum Gasteiger partial charge on any atom is -0.391 e. The highest BCUT2D eigenvalue weighted by atomic mass is 35.5. The molecular formula is C28H36ClN5O2. The molecule has 1 aromatic rings. The number of amidine groups is 1. The number of carbonyl (C=O) groups is 1. The van der Waals surface area contributed by atoms with Crippen molar-refractivity contribution in [1.29, 1.82) is 5.26 Å². The molecule has 0 bridgehead atoms. The first-order chi connectivity index (χ1) is 17.4. The molecule has 2 saturated carbocycles. The second-order valence-corrected chi connectivity index (χ2v) is 12.2. The fourth-order valence-corrected chi connectivity index (χ4v) is 7.63. The van der Waals surface area contributed by atoms with Gasteiger partial charge in [0.1, 0.15) is 11.9 Å². The first kappa shape index (κ1) is 24.1. The fraction of sp³-hybridized carbons (Fsp3) is 0.679. The first-order valence-corrected chi connectivity index (χ1v) is 14.1. The van der Waals surface area contributed by atoms with Crippen molar-refractivity contribution in [1.82, 2.24) is 9.80 Å². The zero-order valence-electron chi connectivity index (χ0n) is 20.9. The SMILES string of the molecule is N#Cc1ccc(N2N=C(N3CCC4(CC3)CC(C(=O)N3CC[C@@H](O)C3)C4)C[C@@H]2C2CCCC2)cc1Cl. The first-order valence-electron chi connectivity index (χ1n) is 13.7. The molecule has 5 aliphatic rings. The number of hydrogen-bond donors (Lipinski definition) is 1. The number of hydrogen-bond acceptors (Lipinski definition) is 6. The van der Waals surface area contributed by atoms with E-state index in [1.165, 1.54) is 31.5 Å². The molecule has 2 saturated heterocycles. The van der Waals surface area contributed by atoms with Gasteiger partial charge >= 0.3 is 0 Å². The number of aliphatic hydroxyl groups is 1. The molecule has 4 fully saturated rings. The highest BCUT2D eigenvalue weighted by Crippen LogP contribution is 2.53. The summed E-state index contributed by atoms with van der Waals surface area (Å²) in [7, 11) is 0. The van der Waals surface area contributed by atoms with E-state index in [1.54, 1.807) is 6.07 Å². The molecule has 1 aromatic carbocycles. The smallest absolute Gasteiger partial charge is 0.225 e. The predicted octanol–water partition coefficient (Wildman–Crippen LogP) is 4.38. The molecule has 36 heavy (non-hydrogen) atoms. The normalized spacial score (nSPS) is 28.5. The quantitative estimate of drug-likeness (QED) is 0.653. The molecule has 3 heterocycles. The maximum absolute atomic E-state index is 12.8. The van der Waals surface area contributed by atoms with E-state index in [0.717, 1.165) is 50.9 Å². The van der Waals surface area contributed by atoms with E-state index in [0.29, 0.717) is 47.5 Å². The van der Waals surface area contributed by atoms with Gasteiger partial charge in [-0.1, -0.05) is 24.4 Å². The van der Waals surface area contributed by atoms with Crippen molar-refractivity contribution in [2.45, 2.75) is 76.4 Å². The summed E-state index contributed by atoms with van der Waals surface area (Å²) in [5, 5.41) is 26.9. The van der Waals surface area contributed by atoms with Gasteiger partial charge < -0.3 is 14.9 Å². The van der Waals surface area contributed by atoms with E-state index in [-0.39, 0.29) is 17.9 Å². The Labute approximate surface area is 218 Å². The van der Waals surface area contributed by atoms with Gasteiger partial charge in [-0.15, -0.1) is 0 Å². The van der Waals surface area contributed by atoms with E-state index >= 15 is 0 Å². The fourth-order valence-electron chi connectivity index (χ4n) is 7.41. The molecule has 2 aliphatic carbocycles. The molecule has 1 N–H and O–H groups in total. The van der Waals surface area contributed by atoms with Crippen molar-refractivity contribution in [3.05, 3.63) is 28.8 Å². The number of rotatable bonds is 3. The third-order valence-corrected chi connectivity index (χ3v) is 9.90. The molecule has 3 aliphatic heterocycles. The molecule has 6 rings (SSSR count). The average Bonchev–Trinajstić information content (AvgIpc) is 3.63. The minimum absolute atomic E-state index is 0.147. The average molecular weight is 510 g/mol. The summed E-state index contributed by atoms with van der Waals surface area (Å²) < 4.78 is 0. The zero-order valence-corrected chi connectivity index (χ0v) is 21.7. The summed E-state index contributed by atoms with van der Waals surface area (Å²) in [6.45, 7) is 3.22. The highest BCUT2D eigenvalue weighted by molar-refractivity contribution is 6.32. The topological polar surface area (TPSA) is 83.2 Å². The molecule has 1 spiro atoms. The van der Waals surface area contributed by atoms with Crippen LogP contribution in [0.4, 0.5) is 5.69 Å². The summed E-state index contributed by atoms with van der Waals surface area (Å²) in [5.41, 5.74) is 1.78. The van der Waals surface area contributed by atoms with Gasteiger partial charge in [0.25, 0.3) is 0 Å². The van der Waals surface area contributed by atoms with Crippen molar-refractivity contribution in [3.63, 3.8) is 0 Å². The third-order valence-electron chi connectivity index (χ3n) is 9.58. The van der Waals surface area contributed by atoms with E-state index in [9.17, 15) is 15.2 Å². The van der Waals surface area contributed by atoms with Crippen LogP contribution in [-0.4, -0.2) is 65.0 Å². The zero-order chi connectivity index (χ0) is 24.9. The Morgan fingerprint density at radius 2 is 1.89 bits per heavy atom. The number of β-amino-alcohol motifs (C(OH)–C–C–N with tert-alkyl or cyclic N) is 1. The summed E-state index contributed by atoms with van der Waals surface area (Å²) in [4.78, 5) is 17.2. The Morgan fingerprint density at radius 3 is 2.53 bits per heavy atom. The number of carbonyl (C=O) groups excluding carboxylic acids is 1. The van der Waals surface area contributed by atoms with Crippen LogP contribution < -0.4 is 5.01 Å². The van der Waals surface area contributed by atoms with Gasteiger partial charge in [0.15, 0.2) is 0 Å². The summed E-state index contributed by atoms with van der Waals surface area (Å²) in [5.74, 6) is 2.23. The largest absolute Gasteiger partial charge is 0.391 e. The highest BCUT2D eigenvalue weighted by Gasteiger charge is 2.50. The number of benzene rings is 1. The number of amides is 1. The van der Waals surface area contributed by atoms with Crippen molar-refractivity contribution in [2.75, 3.05) is 31.2 Å². The second-order valence-electron chi connectivity index (χ2n) is 11.8. The van der Waals surface area contributed by atoms with Crippen molar-refractivity contribution < 1.29 is 9.90 Å². The van der Waals surface area contributed by atoms with Gasteiger partial charge in [-0.25, -0.2) is 0 Å². The van der Waals surface area contributed by atoms with Crippen LogP contribution in [0.5, 0.6) is 0 Å². The number of halogens is 1. The van der Waals surface area contributed by atoms with Crippen LogP contribution in [0.2, 0.25) is 5.02 Å². The number of hydrazone groups is 1. The number of anilines is 1. The van der Waals surface area contributed by atoms with Crippen LogP contribution in [0.15, 0.2) is 23.3 Å². The van der Waals surface area contributed by atoms with E-state index in [1.807, 2.05) is 17.0 Å². The molecule has 192 valence electrons. The number of likely N-dealkylation sites (tertiary alicyclic amines) is 2.